The van der Waals surface area contributed by atoms with Gasteiger partial charge in [-0.15, -0.1) is 0 Å². The fourth-order valence-corrected chi connectivity index (χ4v) is 5.32. The highest BCUT2D eigenvalue weighted by molar-refractivity contribution is 6.42. The molecule has 0 spiro atoms. The molecule has 42 heavy (non-hydrogen) atoms. The molecule has 2 aromatic heterocycles. The SMILES string of the molecule is CC(C)Cc1nc(N2CCN(C(=O)c3ccc(Cl)c(Cl)c3)CC2)c2c(-c3cccc(Oc4ccccc4)c3)noc2n1. The van der Waals surface area contributed by atoms with Crippen LogP contribution in [0.4, 0.5) is 5.82 Å². The van der Waals surface area contributed by atoms with Gasteiger partial charge in [-0.1, -0.05) is 72.5 Å². The molecule has 1 fully saturated rings. The fourth-order valence-electron chi connectivity index (χ4n) is 5.03. The van der Waals surface area contributed by atoms with Crippen LogP contribution in [-0.2, 0) is 6.42 Å². The zero-order chi connectivity index (χ0) is 29.2. The quantitative estimate of drug-likeness (QED) is 0.190. The molecule has 1 aliphatic rings. The average molecular weight is 603 g/mol. The van der Waals surface area contributed by atoms with Crippen LogP contribution < -0.4 is 9.64 Å². The molecule has 1 amide bonds. The van der Waals surface area contributed by atoms with Crippen molar-refractivity contribution in [1.29, 1.82) is 0 Å². The van der Waals surface area contributed by atoms with Crippen molar-refractivity contribution in [2.75, 3.05) is 31.1 Å². The number of ether oxygens (including phenoxy) is 1. The average Bonchev–Trinajstić information content (AvgIpc) is 3.42. The lowest BCUT2D eigenvalue weighted by Gasteiger charge is -2.35. The fraction of sp³-hybridized carbons (Fsp3) is 0.250. The summed E-state index contributed by atoms with van der Waals surface area (Å²) >= 11 is 12.2. The number of nitrogens with zero attached hydrogens (tertiary/aromatic N) is 5. The van der Waals surface area contributed by atoms with Gasteiger partial charge >= 0.3 is 0 Å². The second-order valence-electron chi connectivity index (χ2n) is 10.6. The lowest BCUT2D eigenvalue weighted by Crippen LogP contribution is -2.49. The number of aromatic nitrogens is 3. The predicted octanol–water partition coefficient (Wildman–Crippen LogP) is 7.54. The van der Waals surface area contributed by atoms with Gasteiger partial charge in [0.2, 0.25) is 0 Å². The van der Waals surface area contributed by atoms with E-state index in [0.29, 0.717) is 77.1 Å². The van der Waals surface area contributed by atoms with Crippen LogP contribution in [0.15, 0.2) is 77.3 Å². The van der Waals surface area contributed by atoms with E-state index in [1.54, 1.807) is 18.2 Å². The zero-order valence-electron chi connectivity index (χ0n) is 23.3. The molecule has 214 valence electrons. The number of para-hydroxylation sites is 1. The second-order valence-corrected chi connectivity index (χ2v) is 11.4. The van der Waals surface area contributed by atoms with E-state index in [-0.39, 0.29) is 5.91 Å². The normalized spacial score (nSPS) is 13.6. The summed E-state index contributed by atoms with van der Waals surface area (Å²) in [6.07, 6.45) is 0.704. The molecule has 6 rings (SSSR count). The van der Waals surface area contributed by atoms with Crippen LogP contribution in [0.5, 0.6) is 11.5 Å². The Kier molecular flexibility index (Phi) is 8.00. The molecule has 1 saturated heterocycles. The van der Waals surface area contributed by atoms with Crippen molar-refractivity contribution < 1.29 is 14.1 Å². The van der Waals surface area contributed by atoms with Gasteiger partial charge in [0.1, 0.15) is 34.2 Å². The Morgan fingerprint density at radius 2 is 1.67 bits per heavy atom. The van der Waals surface area contributed by atoms with Crippen molar-refractivity contribution >= 4 is 46.0 Å². The molecule has 3 aromatic carbocycles. The van der Waals surface area contributed by atoms with Crippen LogP contribution in [0.3, 0.4) is 0 Å². The number of carbonyl (C=O) groups is 1. The van der Waals surface area contributed by atoms with Crippen molar-refractivity contribution in [3.63, 3.8) is 0 Å². The number of carbonyl (C=O) groups excluding carboxylic acids is 1. The van der Waals surface area contributed by atoms with Gasteiger partial charge in [-0.2, -0.15) is 4.98 Å². The molecule has 3 heterocycles. The summed E-state index contributed by atoms with van der Waals surface area (Å²) in [5.74, 6) is 3.17. The topological polar surface area (TPSA) is 84.6 Å². The molecule has 0 aliphatic carbocycles. The van der Waals surface area contributed by atoms with Crippen molar-refractivity contribution in [2.24, 2.45) is 5.92 Å². The summed E-state index contributed by atoms with van der Waals surface area (Å²) in [5, 5.41) is 5.96. The largest absolute Gasteiger partial charge is 0.457 e. The minimum atomic E-state index is -0.0811. The van der Waals surface area contributed by atoms with Gasteiger partial charge in [-0.3, -0.25) is 4.79 Å². The number of hydrogen-bond donors (Lipinski definition) is 0. The van der Waals surface area contributed by atoms with Gasteiger partial charge in [0.05, 0.1) is 10.0 Å². The standard InChI is InChI=1S/C32H29Cl2N5O3/c1-20(2)17-27-35-30(38-13-15-39(16-14-38)32(40)22-11-12-25(33)26(34)19-22)28-29(37-42-31(28)36-27)21-7-6-10-24(18-21)41-23-8-4-3-5-9-23/h3-12,18-20H,13-17H2,1-2H3. The van der Waals surface area contributed by atoms with Gasteiger partial charge in [0, 0.05) is 43.7 Å². The summed E-state index contributed by atoms with van der Waals surface area (Å²) in [5.41, 5.74) is 2.43. The Labute approximate surface area is 253 Å². The Morgan fingerprint density at radius 1 is 0.905 bits per heavy atom. The van der Waals surface area contributed by atoms with Gasteiger partial charge < -0.3 is 19.1 Å². The van der Waals surface area contributed by atoms with E-state index >= 15 is 0 Å². The molecule has 1 aliphatic heterocycles. The molecule has 0 saturated carbocycles. The van der Waals surface area contributed by atoms with Crippen molar-refractivity contribution in [3.05, 3.63) is 94.2 Å². The predicted molar refractivity (Wildman–Crippen MR) is 165 cm³/mol. The number of rotatable bonds is 7. The van der Waals surface area contributed by atoms with Crippen LogP contribution in [0.1, 0.15) is 30.0 Å². The highest BCUT2D eigenvalue weighted by Gasteiger charge is 2.28. The van der Waals surface area contributed by atoms with Crippen LogP contribution in [0.25, 0.3) is 22.4 Å². The Hall–Kier alpha value is -4.14. The van der Waals surface area contributed by atoms with E-state index in [9.17, 15) is 4.79 Å². The number of halogens is 2. The number of amides is 1. The molecular weight excluding hydrogens is 573 g/mol. The van der Waals surface area contributed by atoms with Gasteiger partial charge in [0.25, 0.3) is 11.6 Å². The summed E-state index contributed by atoms with van der Waals surface area (Å²) in [6.45, 7) is 6.47. The molecule has 0 N–H and O–H groups in total. The van der Waals surface area contributed by atoms with E-state index in [1.807, 2.05) is 59.5 Å². The monoisotopic (exact) mass is 601 g/mol. The first-order valence-corrected chi connectivity index (χ1v) is 14.6. The van der Waals surface area contributed by atoms with Crippen LogP contribution in [0.2, 0.25) is 10.0 Å². The number of fused-ring (bicyclic) bond motifs is 1. The molecule has 8 nitrogen and oxygen atoms in total. The van der Waals surface area contributed by atoms with Crippen LogP contribution >= 0.6 is 23.2 Å². The summed E-state index contributed by atoms with van der Waals surface area (Å²) < 4.78 is 11.9. The number of anilines is 1. The maximum Gasteiger partial charge on any atom is 0.263 e. The number of hydrogen-bond acceptors (Lipinski definition) is 7. The smallest absolute Gasteiger partial charge is 0.263 e. The molecule has 10 heteroatoms. The highest BCUT2D eigenvalue weighted by Crippen LogP contribution is 2.36. The molecule has 5 aromatic rings. The third-order valence-corrected chi connectivity index (χ3v) is 7.81. The van der Waals surface area contributed by atoms with Gasteiger partial charge in [-0.25, -0.2) is 4.98 Å². The third-order valence-electron chi connectivity index (χ3n) is 7.07. The van der Waals surface area contributed by atoms with E-state index < -0.39 is 0 Å². The van der Waals surface area contributed by atoms with Gasteiger partial charge in [-0.05, 0) is 48.4 Å². The Morgan fingerprint density at radius 3 is 2.40 bits per heavy atom. The molecule has 0 bridgehead atoms. The van der Waals surface area contributed by atoms with E-state index in [4.69, 9.17) is 42.4 Å². The minimum absolute atomic E-state index is 0.0811. The van der Waals surface area contributed by atoms with Crippen molar-refractivity contribution in [3.8, 4) is 22.8 Å². The molecular formula is C32H29Cl2N5O3. The minimum Gasteiger partial charge on any atom is -0.457 e. The first kappa shape index (κ1) is 28.0. The highest BCUT2D eigenvalue weighted by atomic mass is 35.5. The maximum absolute atomic E-state index is 13.2. The van der Waals surface area contributed by atoms with E-state index in [0.717, 1.165) is 22.5 Å². The van der Waals surface area contributed by atoms with Crippen molar-refractivity contribution in [2.45, 2.75) is 20.3 Å². The molecule has 0 unspecified atom stereocenters. The zero-order valence-corrected chi connectivity index (χ0v) is 24.8. The third kappa shape index (κ3) is 5.91. The molecule has 0 atom stereocenters. The Balaban J connectivity index is 1.31. The van der Waals surface area contributed by atoms with E-state index in [2.05, 4.69) is 23.9 Å². The van der Waals surface area contributed by atoms with E-state index in [1.165, 1.54) is 0 Å². The maximum atomic E-state index is 13.2. The second kappa shape index (κ2) is 12.0. The molecule has 0 radical (unpaired) electrons. The number of piperazine rings is 1. The summed E-state index contributed by atoms with van der Waals surface area (Å²) in [4.78, 5) is 26.9. The summed E-state index contributed by atoms with van der Waals surface area (Å²) in [7, 11) is 0. The lowest BCUT2D eigenvalue weighted by atomic mass is 10.1. The number of benzene rings is 3. The first-order chi connectivity index (χ1) is 20.4. The lowest BCUT2D eigenvalue weighted by molar-refractivity contribution is 0.0746. The van der Waals surface area contributed by atoms with Crippen LogP contribution in [0, 0.1) is 5.92 Å². The first-order valence-electron chi connectivity index (χ1n) is 13.8. The van der Waals surface area contributed by atoms with Crippen molar-refractivity contribution in [1.82, 2.24) is 20.0 Å². The summed E-state index contributed by atoms with van der Waals surface area (Å²) in [6, 6.07) is 22.3. The van der Waals surface area contributed by atoms with Crippen LogP contribution in [-0.4, -0.2) is 52.1 Å². The van der Waals surface area contributed by atoms with Gasteiger partial charge in [0.15, 0.2) is 0 Å². The Bertz CT molecular complexity index is 1730.